The molecule has 0 aliphatic rings. The molecule has 0 saturated heterocycles. The summed E-state index contributed by atoms with van der Waals surface area (Å²) in [5.41, 5.74) is 13.1. The van der Waals surface area contributed by atoms with E-state index in [1.807, 2.05) is 11.9 Å². The van der Waals surface area contributed by atoms with Gasteiger partial charge in [-0.15, -0.1) is 0 Å². The van der Waals surface area contributed by atoms with Crippen molar-refractivity contribution in [1.29, 1.82) is 0 Å². The Kier molecular flexibility index (Phi) is 4.82. The highest BCUT2D eigenvalue weighted by Gasteiger charge is 2.14. The third-order valence-corrected chi connectivity index (χ3v) is 2.81. The molecule has 0 aromatic heterocycles. The first-order chi connectivity index (χ1) is 8.07. The lowest BCUT2D eigenvalue weighted by atomic mass is 10.1. The van der Waals surface area contributed by atoms with Gasteiger partial charge < -0.3 is 16.4 Å². The van der Waals surface area contributed by atoms with Crippen LogP contribution in [-0.2, 0) is 0 Å². The Labute approximate surface area is 103 Å². The van der Waals surface area contributed by atoms with Crippen LogP contribution in [0.25, 0.3) is 0 Å². The van der Waals surface area contributed by atoms with E-state index in [4.69, 9.17) is 11.5 Å². The molecule has 4 heteroatoms. The predicted molar refractivity (Wildman–Crippen MR) is 72.2 cm³/mol. The minimum absolute atomic E-state index is 0.436. The van der Waals surface area contributed by atoms with Gasteiger partial charge >= 0.3 is 0 Å². The summed E-state index contributed by atoms with van der Waals surface area (Å²) in [6.45, 7) is 3.04. The molecule has 0 fully saturated rings. The largest absolute Gasteiger partial charge is 0.397 e. The second-order valence-corrected chi connectivity index (χ2v) is 4.24. The van der Waals surface area contributed by atoms with Gasteiger partial charge in [-0.3, -0.25) is 4.79 Å². The summed E-state index contributed by atoms with van der Waals surface area (Å²) in [5.74, 6) is -0.436. The van der Waals surface area contributed by atoms with Gasteiger partial charge in [-0.2, -0.15) is 0 Å². The molecule has 0 aliphatic heterocycles. The van der Waals surface area contributed by atoms with Gasteiger partial charge in [0, 0.05) is 13.6 Å². The number of nitrogens with zero attached hydrogens (tertiary/aromatic N) is 1. The number of rotatable bonds is 6. The Bertz CT molecular complexity index is 390. The standard InChI is InChI=1S/C13H21N3O/c1-3-4-5-9-16(2)12-10(13(15)17)7-6-8-11(12)14/h6-8H,3-5,9,14H2,1-2H3,(H2,15,17). The lowest BCUT2D eigenvalue weighted by molar-refractivity contribution is 0.100. The van der Waals surface area contributed by atoms with Crippen LogP contribution in [-0.4, -0.2) is 19.5 Å². The molecule has 94 valence electrons. The maximum Gasteiger partial charge on any atom is 0.250 e. The number of para-hydroxylation sites is 1. The van der Waals surface area contributed by atoms with Crippen molar-refractivity contribution in [1.82, 2.24) is 0 Å². The fourth-order valence-corrected chi connectivity index (χ4v) is 1.90. The number of hydrogen-bond donors (Lipinski definition) is 2. The SMILES string of the molecule is CCCCCN(C)c1c(N)cccc1C(N)=O. The molecule has 0 radical (unpaired) electrons. The minimum atomic E-state index is -0.436. The van der Waals surface area contributed by atoms with E-state index in [9.17, 15) is 4.79 Å². The summed E-state index contributed by atoms with van der Waals surface area (Å²) < 4.78 is 0. The molecule has 0 spiro atoms. The summed E-state index contributed by atoms with van der Waals surface area (Å²) in [5, 5.41) is 0. The molecule has 17 heavy (non-hydrogen) atoms. The summed E-state index contributed by atoms with van der Waals surface area (Å²) >= 11 is 0. The van der Waals surface area contributed by atoms with Gasteiger partial charge in [-0.05, 0) is 18.6 Å². The molecule has 1 amide bonds. The van der Waals surface area contributed by atoms with Crippen molar-refractivity contribution in [3.8, 4) is 0 Å². The van der Waals surface area contributed by atoms with Gasteiger partial charge in [-0.25, -0.2) is 0 Å². The third-order valence-electron chi connectivity index (χ3n) is 2.81. The molecule has 1 aromatic rings. The number of nitrogens with two attached hydrogens (primary N) is 2. The molecule has 0 bridgehead atoms. The third kappa shape index (κ3) is 3.37. The number of carbonyl (C=O) groups is 1. The van der Waals surface area contributed by atoms with Crippen LogP contribution in [0.1, 0.15) is 36.5 Å². The Morgan fingerprint density at radius 3 is 2.65 bits per heavy atom. The molecular weight excluding hydrogens is 214 g/mol. The molecule has 0 aliphatic carbocycles. The van der Waals surface area contributed by atoms with Crippen molar-refractivity contribution in [2.24, 2.45) is 5.73 Å². The van der Waals surface area contributed by atoms with Crippen LogP contribution in [0, 0.1) is 0 Å². The van der Waals surface area contributed by atoms with Gasteiger partial charge in [-0.1, -0.05) is 25.8 Å². The first kappa shape index (κ1) is 13.4. The Morgan fingerprint density at radius 1 is 1.35 bits per heavy atom. The van der Waals surface area contributed by atoms with Crippen LogP contribution in [0.5, 0.6) is 0 Å². The van der Waals surface area contributed by atoms with Crippen LogP contribution >= 0.6 is 0 Å². The van der Waals surface area contributed by atoms with E-state index in [1.54, 1.807) is 18.2 Å². The first-order valence-electron chi connectivity index (χ1n) is 5.97. The normalized spacial score (nSPS) is 10.2. The van der Waals surface area contributed by atoms with Crippen molar-refractivity contribution in [3.05, 3.63) is 23.8 Å². The maximum atomic E-state index is 11.3. The number of nitrogen functional groups attached to an aromatic ring is 1. The molecule has 0 atom stereocenters. The average Bonchev–Trinajstić information content (AvgIpc) is 2.28. The lowest BCUT2D eigenvalue weighted by Gasteiger charge is -2.23. The summed E-state index contributed by atoms with van der Waals surface area (Å²) in [6.07, 6.45) is 3.42. The van der Waals surface area contributed by atoms with Crippen molar-refractivity contribution >= 4 is 17.3 Å². The maximum absolute atomic E-state index is 11.3. The van der Waals surface area contributed by atoms with E-state index in [2.05, 4.69) is 6.92 Å². The number of hydrogen-bond acceptors (Lipinski definition) is 3. The molecule has 0 saturated carbocycles. The van der Waals surface area contributed by atoms with Crippen LogP contribution in [0.15, 0.2) is 18.2 Å². The van der Waals surface area contributed by atoms with Crippen molar-refractivity contribution in [3.63, 3.8) is 0 Å². The van der Waals surface area contributed by atoms with E-state index in [1.165, 1.54) is 12.8 Å². The fraction of sp³-hybridized carbons (Fsp3) is 0.462. The molecule has 0 heterocycles. The number of anilines is 2. The first-order valence-corrected chi connectivity index (χ1v) is 5.97. The Morgan fingerprint density at radius 2 is 2.06 bits per heavy atom. The van der Waals surface area contributed by atoms with E-state index >= 15 is 0 Å². The number of carbonyl (C=O) groups excluding carboxylic acids is 1. The lowest BCUT2D eigenvalue weighted by Crippen LogP contribution is -2.24. The molecule has 0 unspecified atom stereocenters. The number of benzene rings is 1. The topological polar surface area (TPSA) is 72.3 Å². The van der Waals surface area contributed by atoms with Crippen LogP contribution in [0.3, 0.4) is 0 Å². The van der Waals surface area contributed by atoms with Gasteiger partial charge in [0.15, 0.2) is 0 Å². The van der Waals surface area contributed by atoms with Crippen molar-refractivity contribution < 1.29 is 4.79 Å². The highest BCUT2D eigenvalue weighted by molar-refractivity contribution is 6.01. The summed E-state index contributed by atoms with van der Waals surface area (Å²) in [6, 6.07) is 5.25. The van der Waals surface area contributed by atoms with Crippen LogP contribution in [0.2, 0.25) is 0 Å². The van der Waals surface area contributed by atoms with E-state index in [0.29, 0.717) is 11.3 Å². The highest BCUT2D eigenvalue weighted by atomic mass is 16.1. The number of unbranched alkanes of at least 4 members (excludes halogenated alkanes) is 2. The van der Waals surface area contributed by atoms with E-state index < -0.39 is 5.91 Å². The Hall–Kier alpha value is -1.71. The second kappa shape index (κ2) is 6.13. The fourth-order valence-electron chi connectivity index (χ4n) is 1.90. The zero-order valence-corrected chi connectivity index (χ0v) is 10.6. The second-order valence-electron chi connectivity index (χ2n) is 4.24. The zero-order chi connectivity index (χ0) is 12.8. The van der Waals surface area contributed by atoms with Crippen molar-refractivity contribution in [2.75, 3.05) is 24.2 Å². The molecule has 4 nitrogen and oxygen atoms in total. The molecule has 1 rings (SSSR count). The smallest absolute Gasteiger partial charge is 0.250 e. The summed E-state index contributed by atoms with van der Waals surface area (Å²) in [4.78, 5) is 13.4. The van der Waals surface area contributed by atoms with Gasteiger partial charge in [0.05, 0.1) is 16.9 Å². The molecular formula is C13H21N3O. The zero-order valence-electron chi connectivity index (χ0n) is 10.6. The van der Waals surface area contributed by atoms with Gasteiger partial charge in [0.25, 0.3) is 5.91 Å². The number of primary amides is 1. The highest BCUT2D eigenvalue weighted by Crippen LogP contribution is 2.26. The van der Waals surface area contributed by atoms with Crippen LogP contribution < -0.4 is 16.4 Å². The summed E-state index contributed by atoms with van der Waals surface area (Å²) in [7, 11) is 1.94. The van der Waals surface area contributed by atoms with E-state index in [-0.39, 0.29) is 0 Å². The van der Waals surface area contributed by atoms with Gasteiger partial charge in [0.2, 0.25) is 0 Å². The van der Waals surface area contributed by atoms with Crippen molar-refractivity contribution in [2.45, 2.75) is 26.2 Å². The van der Waals surface area contributed by atoms with Gasteiger partial charge in [0.1, 0.15) is 0 Å². The Balaban J connectivity index is 2.90. The monoisotopic (exact) mass is 235 g/mol. The van der Waals surface area contributed by atoms with E-state index in [0.717, 1.165) is 18.7 Å². The predicted octanol–water partition coefficient (Wildman–Crippen LogP) is 1.99. The quantitative estimate of drug-likeness (QED) is 0.585. The molecule has 1 aromatic carbocycles. The molecule has 4 N–H and O–H groups in total. The minimum Gasteiger partial charge on any atom is -0.397 e. The van der Waals surface area contributed by atoms with Crippen LogP contribution in [0.4, 0.5) is 11.4 Å². The average molecular weight is 235 g/mol. The number of amides is 1.